The molecule has 0 aromatic heterocycles. The smallest absolute Gasteiger partial charge is 0.188 e. The highest BCUT2D eigenvalue weighted by molar-refractivity contribution is 6.04. The average Bonchev–Trinajstić information content (AvgIpc) is 2.95. The van der Waals surface area contributed by atoms with E-state index in [0.717, 1.165) is 17.6 Å². The molecule has 3 aliphatic carbocycles. The van der Waals surface area contributed by atoms with E-state index in [0.29, 0.717) is 18.4 Å². The summed E-state index contributed by atoms with van der Waals surface area (Å²) in [4.78, 5) is 12.8. The molecule has 1 fully saturated rings. The summed E-state index contributed by atoms with van der Waals surface area (Å²) in [6, 6.07) is 0. The normalized spacial score (nSPS) is 45.3. The molecule has 0 aromatic carbocycles. The number of hydrogen-bond donors (Lipinski definition) is 3. The topological polar surface area (TPSA) is 87.0 Å². The van der Waals surface area contributed by atoms with Crippen LogP contribution < -0.4 is 0 Å². The van der Waals surface area contributed by atoms with E-state index in [4.69, 9.17) is 4.74 Å². The number of methoxy groups -OCH3 is 1. The molecule has 0 radical (unpaired) electrons. The van der Waals surface area contributed by atoms with Crippen molar-refractivity contribution in [2.24, 2.45) is 23.2 Å². The minimum Gasteiger partial charge on any atom is -0.392 e. The SMILES string of the molecule is COC[C@@]1(O)CC[C@@H]2/C1=C\[C@]1(C)C(=C(C(C)C)C(=O)[C@H]1O)C[C@H](O)[C@@H]2C. The number of aliphatic hydroxyl groups is 3. The van der Waals surface area contributed by atoms with Gasteiger partial charge in [0, 0.05) is 18.1 Å². The summed E-state index contributed by atoms with van der Waals surface area (Å²) in [5.74, 6) is -0.285. The number of Topliss-reactive ketones (excluding diaryl/α,β-unsaturated/α-hetero) is 1. The maximum absolute atomic E-state index is 12.8. The molecule has 0 amide bonds. The first-order chi connectivity index (χ1) is 12.1. The second kappa shape index (κ2) is 6.55. The van der Waals surface area contributed by atoms with Crippen LogP contribution in [0.1, 0.15) is 47.0 Å². The first-order valence-electron chi connectivity index (χ1n) is 9.65. The van der Waals surface area contributed by atoms with E-state index >= 15 is 0 Å². The summed E-state index contributed by atoms with van der Waals surface area (Å²) < 4.78 is 5.27. The van der Waals surface area contributed by atoms with Crippen LogP contribution in [0.2, 0.25) is 0 Å². The van der Waals surface area contributed by atoms with Gasteiger partial charge in [-0.05, 0) is 55.1 Å². The summed E-state index contributed by atoms with van der Waals surface area (Å²) in [6.45, 7) is 7.93. The predicted molar refractivity (Wildman–Crippen MR) is 98.4 cm³/mol. The van der Waals surface area contributed by atoms with Gasteiger partial charge in [0.1, 0.15) is 11.7 Å². The third kappa shape index (κ3) is 2.71. The Morgan fingerprint density at radius 2 is 2.00 bits per heavy atom. The van der Waals surface area contributed by atoms with E-state index in [9.17, 15) is 20.1 Å². The highest BCUT2D eigenvalue weighted by atomic mass is 16.5. The quantitative estimate of drug-likeness (QED) is 0.667. The molecule has 5 nitrogen and oxygen atoms in total. The molecule has 6 atom stereocenters. The van der Waals surface area contributed by atoms with Crippen molar-refractivity contribution >= 4 is 5.78 Å². The fourth-order valence-corrected chi connectivity index (χ4v) is 5.36. The zero-order valence-corrected chi connectivity index (χ0v) is 16.5. The molecule has 5 heteroatoms. The number of rotatable bonds is 3. The van der Waals surface area contributed by atoms with Gasteiger partial charge in [-0.15, -0.1) is 0 Å². The number of ether oxygens (including phenoxy) is 1. The van der Waals surface area contributed by atoms with Crippen molar-refractivity contribution in [2.45, 2.75) is 64.8 Å². The molecule has 0 aliphatic heterocycles. The highest BCUT2D eigenvalue weighted by Gasteiger charge is 2.54. The van der Waals surface area contributed by atoms with Crippen molar-refractivity contribution in [3.05, 3.63) is 22.8 Å². The van der Waals surface area contributed by atoms with Gasteiger partial charge in [-0.1, -0.05) is 26.8 Å². The van der Waals surface area contributed by atoms with Crippen LogP contribution in [0.15, 0.2) is 22.8 Å². The van der Waals surface area contributed by atoms with Gasteiger partial charge in [0.15, 0.2) is 5.78 Å². The van der Waals surface area contributed by atoms with Crippen LogP contribution in [0, 0.1) is 23.2 Å². The van der Waals surface area contributed by atoms with E-state index in [1.165, 1.54) is 0 Å². The minimum absolute atomic E-state index is 0.0217. The number of carbonyl (C=O) groups excluding carboxylic acids is 1. The molecule has 3 aliphatic rings. The Labute approximate surface area is 155 Å². The molecule has 0 unspecified atom stereocenters. The summed E-state index contributed by atoms with van der Waals surface area (Å²) in [6.07, 6.45) is 1.85. The molecule has 3 rings (SSSR count). The zero-order valence-electron chi connectivity index (χ0n) is 16.5. The van der Waals surface area contributed by atoms with Gasteiger partial charge < -0.3 is 20.1 Å². The van der Waals surface area contributed by atoms with Crippen molar-refractivity contribution in [3.8, 4) is 0 Å². The second-order valence-electron chi connectivity index (χ2n) is 8.94. The first kappa shape index (κ1) is 19.7. The average molecular weight is 364 g/mol. The molecule has 0 heterocycles. The Morgan fingerprint density at radius 1 is 1.35 bits per heavy atom. The van der Waals surface area contributed by atoms with Crippen LogP contribution in [0.5, 0.6) is 0 Å². The third-order valence-electron chi connectivity index (χ3n) is 6.93. The van der Waals surface area contributed by atoms with Crippen molar-refractivity contribution in [3.63, 3.8) is 0 Å². The van der Waals surface area contributed by atoms with Crippen LogP contribution in [-0.2, 0) is 9.53 Å². The van der Waals surface area contributed by atoms with Crippen molar-refractivity contribution in [2.75, 3.05) is 13.7 Å². The van der Waals surface area contributed by atoms with Gasteiger partial charge in [0.05, 0.1) is 12.7 Å². The lowest BCUT2D eigenvalue weighted by molar-refractivity contribution is -0.125. The number of ketones is 1. The van der Waals surface area contributed by atoms with Crippen LogP contribution in [0.3, 0.4) is 0 Å². The molecule has 26 heavy (non-hydrogen) atoms. The van der Waals surface area contributed by atoms with Crippen LogP contribution in [0.25, 0.3) is 0 Å². The molecule has 0 spiro atoms. The van der Waals surface area contributed by atoms with Gasteiger partial charge in [-0.3, -0.25) is 4.79 Å². The molecule has 0 bridgehead atoms. The maximum atomic E-state index is 12.8. The molecular formula is C21H32O5. The van der Waals surface area contributed by atoms with Crippen molar-refractivity contribution in [1.29, 1.82) is 0 Å². The number of carbonyl (C=O) groups is 1. The van der Waals surface area contributed by atoms with Crippen molar-refractivity contribution < 1.29 is 24.9 Å². The van der Waals surface area contributed by atoms with E-state index in [1.54, 1.807) is 7.11 Å². The number of fused-ring (bicyclic) bond motifs is 2. The van der Waals surface area contributed by atoms with Gasteiger partial charge in [-0.25, -0.2) is 0 Å². The van der Waals surface area contributed by atoms with Gasteiger partial charge in [0.25, 0.3) is 0 Å². The summed E-state index contributed by atoms with van der Waals surface area (Å²) >= 11 is 0. The largest absolute Gasteiger partial charge is 0.392 e. The fourth-order valence-electron chi connectivity index (χ4n) is 5.36. The Kier molecular flexibility index (Phi) is 4.98. The summed E-state index contributed by atoms with van der Waals surface area (Å²) in [5, 5.41) is 32.9. The Hall–Kier alpha value is -1.01. The first-order valence-corrected chi connectivity index (χ1v) is 9.65. The lowest BCUT2D eigenvalue weighted by Gasteiger charge is -2.39. The van der Waals surface area contributed by atoms with E-state index in [2.05, 4.69) is 0 Å². The lowest BCUT2D eigenvalue weighted by Crippen LogP contribution is -2.41. The van der Waals surface area contributed by atoms with E-state index in [-0.39, 0.29) is 30.1 Å². The third-order valence-corrected chi connectivity index (χ3v) is 6.93. The molecule has 0 saturated heterocycles. The van der Waals surface area contributed by atoms with Crippen molar-refractivity contribution in [1.82, 2.24) is 0 Å². The summed E-state index contributed by atoms with van der Waals surface area (Å²) in [7, 11) is 1.56. The second-order valence-corrected chi connectivity index (χ2v) is 8.94. The Bertz CT molecular complexity index is 663. The van der Waals surface area contributed by atoms with Crippen LogP contribution >= 0.6 is 0 Å². The van der Waals surface area contributed by atoms with Crippen LogP contribution in [-0.4, -0.2) is 52.6 Å². The number of hydrogen-bond acceptors (Lipinski definition) is 5. The molecule has 3 N–H and O–H groups in total. The minimum atomic E-state index is -1.17. The predicted octanol–water partition coefficient (Wildman–Crippen LogP) is 2.00. The molecule has 0 aromatic rings. The van der Waals surface area contributed by atoms with Gasteiger partial charge in [0.2, 0.25) is 0 Å². The zero-order chi connectivity index (χ0) is 19.4. The highest BCUT2D eigenvalue weighted by Crippen LogP contribution is 2.54. The van der Waals surface area contributed by atoms with Gasteiger partial charge >= 0.3 is 0 Å². The summed E-state index contributed by atoms with van der Waals surface area (Å²) in [5.41, 5.74) is 0.263. The number of aliphatic hydroxyl groups excluding tert-OH is 2. The molecule has 146 valence electrons. The Balaban J connectivity index is 2.23. The lowest BCUT2D eigenvalue weighted by atomic mass is 9.68. The van der Waals surface area contributed by atoms with Crippen LogP contribution in [0.4, 0.5) is 0 Å². The van der Waals surface area contributed by atoms with Gasteiger partial charge in [-0.2, -0.15) is 0 Å². The fraction of sp³-hybridized carbons (Fsp3) is 0.762. The Morgan fingerprint density at radius 3 is 2.58 bits per heavy atom. The van der Waals surface area contributed by atoms with E-state index in [1.807, 2.05) is 33.8 Å². The maximum Gasteiger partial charge on any atom is 0.188 e. The molecule has 1 saturated carbocycles. The monoisotopic (exact) mass is 364 g/mol. The van der Waals surface area contributed by atoms with E-state index < -0.39 is 23.2 Å². The standard InChI is InChI=1S/C21H32O5/c1-11(2)17-14-8-16(22)12(3)13-6-7-21(25,10-26-5)15(13)9-20(14,4)19(24)18(17)23/h9,11-13,16,19,22,24-25H,6-8,10H2,1-5H3/b15-9+/t12-,13+,16+,19-,20-,21+/m1/s1. The molecular weight excluding hydrogens is 332 g/mol.